The van der Waals surface area contributed by atoms with Gasteiger partial charge in [0.05, 0.1) is 5.69 Å². The van der Waals surface area contributed by atoms with Crippen LogP contribution in [-0.2, 0) is 0 Å². The van der Waals surface area contributed by atoms with Gasteiger partial charge in [0, 0.05) is 17.1 Å². The third-order valence-corrected chi connectivity index (χ3v) is 3.84. The average Bonchev–Trinajstić information content (AvgIpc) is 2.32. The monoisotopic (exact) mass is 284 g/mol. The Hall–Kier alpha value is -1.29. The van der Waals surface area contributed by atoms with Gasteiger partial charge >= 0.3 is 6.03 Å². The summed E-state index contributed by atoms with van der Waals surface area (Å²) >= 11 is 5.69. The topological polar surface area (TPSA) is 32.3 Å². The third-order valence-electron chi connectivity index (χ3n) is 3.60. The van der Waals surface area contributed by atoms with Crippen molar-refractivity contribution in [2.75, 3.05) is 5.32 Å². The number of halogens is 2. The molecule has 2 amide bonds. The molecule has 1 saturated heterocycles. The predicted octanol–water partition coefficient (Wildman–Crippen LogP) is 4.27. The van der Waals surface area contributed by atoms with E-state index >= 15 is 0 Å². The van der Waals surface area contributed by atoms with E-state index < -0.39 is 5.82 Å². The first-order chi connectivity index (χ1) is 8.99. The molecule has 0 aliphatic carbocycles. The van der Waals surface area contributed by atoms with Gasteiger partial charge in [-0.25, -0.2) is 9.18 Å². The van der Waals surface area contributed by atoms with Crippen LogP contribution in [0.25, 0.3) is 0 Å². The number of amides is 2. The Bertz CT molecular complexity index is 471. The number of hydrogen-bond donors (Lipinski definition) is 1. The molecule has 1 aliphatic rings. The number of carbonyl (C=O) groups excluding carboxylic acids is 1. The Morgan fingerprint density at radius 3 is 2.58 bits per heavy atom. The lowest BCUT2D eigenvalue weighted by Gasteiger charge is -2.38. The summed E-state index contributed by atoms with van der Waals surface area (Å²) in [6, 6.07) is 4.34. The molecule has 1 N–H and O–H groups in total. The van der Waals surface area contributed by atoms with Crippen LogP contribution in [0.4, 0.5) is 14.9 Å². The highest BCUT2D eigenvalue weighted by molar-refractivity contribution is 6.30. The Labute approximate surface area is 117 Å². The number of urea groups is 1. The van der Waals surface area contributed by atoms with Gasteiger partial charge in [0.1, 0.15) is 5.82 Å². The molecule has 1 fully saturated rings. The van der Waals surface area contributed by atoms with Crippen LogP contribution in [0.2, 0.25) is 5.02 Å². The minimum atomic E-state index is -0.516. The average molecular weight is 285 g/mol. The number of rotatable bonds is 1. The van der Waals surface area contributed by atoms with E-state index in [0.29, 0.717) is 5.02 Å². The van der Waals surface area contributed by atoms with Crippen molar-refractivity contribution in [3.05, 3.63) is 29.0 Å². The summed E-state index contributed by atoms with van der Waals surface area (Å²) in [6.45, 7) is 4.04. The second kappa shape index (κ2) is 5.78. The fraction of sp³-hybridized carbons (Fsp3) is 0.500. The Morgan fingerprint density at radius 2 is 2.00 bits per heavy atom. The highest BCUT2D eigenvalue weighted by Gasteiger charge is 2.29. The Balaban J connectivity index is 2.11. The molecule has 2 rings (SSSR count). The Kier molecular flexibility index (Phi) is 4.30. The summed E-state index contributed by atoms with van der Waals surface area (Å²) in [5.41, 5.74) is 0.166. The van der Waals surface area contributed by atoms with Crippen molar-refractivity contribution in [1.29, 1.82) is 0 Å². The van der Waals surface area contributed by atoms with Crippen LogP contribution in [0, 0.1) is 5.82 Å². The number of nitrogens with one attached hydrogen (secondary N) is 1. The minimum absolute atomic E-state index is 0.166. The summed E-state index contributed by atoms with van der Waals surface area (Å²) < 4.78 is 13.7. The first kappa shape index (κ1) is 14.1. The maximum atomic E-state index is 13.7. The maximum absolute atomic E-state index is 13.7. The normalized spacial score (nSPS) is 23.3. The fourth-order valence-electron chi connectivity index (χ4n) is 2.59. The quantitative estimate of drug-likeness (QED) is 0.820. The van der Waals surface area contributed by atoms with Crippen LogP contribution < -0.4 is 5.32 Å². The molecule has 1 aromatic carbocycles. The van der Waals surface area contributed by atoms with Gasteiger partial charge in [-0.2, -0.15) is 0 Å². The van der Waals surface area contributed by atoms with Crippen molar-refractivity contribution in [1.82, 2.24) is 4.90 Å². The molecule has 0 bridgehead atoms. The lowest BCUT2D eigenvalue weighted by Crippen LogP contribution is -2.49. The van der Waals surface area contributed by atoms with Gasteiger partial charge in [0.15, 0.2) is 0 Å². The molecule has 0 spiro atoms. The van der Waals surface area contributed by atoms with E-state index in [9.17, 15) is 9.18 Å². The third kappa shape index (κ3) is 3.18. The van der Waals surface area contributed by atoms with Crippen molar-refractivity contribution in [2.24, 2.45) is 0 Å². The summed E-state index contributed by atoms with van der Waals surface area (Å²) in [4.78, 5) is 14.0. The van der Waals surface area contributed by atoms with E-state index in [1.165, 1.54) is 12.1 Å². The van der Waals surface area contributed by atoms with E-state index in [1.54, 1.807) is 11.0 Å². The second-order valence-corrected chi connectivity index (χ2v) is 5.53. The molecular weight excluding hydrogens is 267 g/mol. The maximum Gasteiger partial charge on any atom is 0.322 e. The van der Waals surface area contributed by atoms with Gasteiger partial charge in [-0.1, -0.05) is 11.6 Å². The molecule has 104 valence electrons. The van der Waals surface area contributed by atoms with E-state index in [2.05, 4.69) is 5.32 Å². The summed E-state index contributed by atoms with van der Waals surface area (Å²) in [5.74, 6) is -0.516. The number of piperidine rings is 1. The fourth-order valence-corrected chi connectivity index (χ4v) is 2.75. The SMILES string of the molecule is CC1CCCC(C)N1C(=O)Nc1ccc(Cl)cc1F. The highest BCUT2D eigenvalue weighted by Crippen LogP contribution is 2.25. The lowest BCUT2D eigenvalue weighted by atomic mass is 9.98. The predicted molar refractivity (Wildman–Crippen MR) is 75.0 cm³/mol. The van der Waals surface area contributed by atoms with Gasteiger partial charge < -0.3 is 10.2 Å². The van der Waals surface area contributed by atoms with Gasteiger partial charge in [-0.05, 0) is 51.3 Å². The number of likely N-dealkylation sites (tertiary alicyclic amines) is 1. The van der Waals surface area contributed by atoms with Gasteiger partial charge in [0.2, 0.25) is 0 Å². The summed E-state index contributed by atoms with van der Waals surface area (Å²) in [6.07, 6.45) is 3.10. The molecule has 3 nitrogen and oxygen atoms in total. The van der Waals surface area contributed by atoms with Gasteiger partial charge in [-0.15, -0.1) is 0 Å². The zero-order valence-corrected chi connectivity index (χ0v) is 11.9. The smallest absolute Gasteiger partial charge is 0.319 e. The molecule has 0 aromatic heterocycles. The number of anilines is 1. The van der Waals surface area contributed by atoms with Crippen LogP contribution in [0.3, 0.4) is 0 Å². The lowest BCUT2D eigenvalue weighted by molar-refractivity contribution is 0.133. The van der Waals surface area contributed by atoms with Crippen molar-refractivity contribution >= 4 is 23.3 Å². The number of nitrogens with zero attached hydrogens (tertiary/aromatic N) is 1. The number of hydrogen-bond acceptors (Lipinski definition) is 1. The van der Waals surface area contributed by atoms with Gasteiger partial charge in [0.25, 0.3) is 0 Å². The first-order valence-electron chi connectivity index (χ1n) is 6.53. The van der Waals surface area contributed by atoms with Crippen molar-refractivity contribution < 1.29 is 9.18 Å². The molecule has 19 heavy (non-hydrogen) atoms. The van der Waals surface area contributed by atoms with E-state index in [1.807, 2.05) is 13.8 Å². The van der Waals surface area contributed by atoms with E-state index in [4.69, 9.17) is 11.6 Å². The van der Waals surface area contributed by atoms with Crippen molar-refractivity contribution in [3.63, 3.8) is 0 Å². The van der Waals surface area contributed by atoms with Crippen LogP contribution in [0.15, 0.2) is 18.2 Å². The molecule has 1 aromatic rings. The van der Waals surface area contributed by atoms with Crippen LogP contribution >= 0.6 is 11.6 Å². The van der Waals surface area contributed by atoms with Crippen molar-refractivity contribution in [3.8, 4) is 0 Å². The number of carbonyl (C=O) groups is 1. The van der Waals surface area contributed by atoms with E-state index in [0.717, 1.165) is 19.3 Å². The molecule has 1 aliphatic heterocycles. The molecule has 2 atom stereocenters. The number of benzene rings is 1. The molecule has 2 unspecified atom stereocenters. The zero-order valence-electron chi connectivity index (χ0n) is 11.1. The molecule has 1 heterocycles. The van der Waals surface area contributed by atoms with Crippen LogP contribution in [0.5, 0.6) is 0 Å². The minimum Gasteiger partial charge on any atom is -0.319 e. The standard InChI is InChI=1S/C14H18ClFN2O/c1-9-4-3-5-10(2)18(9)14(19)17-13-7-6-11(15)8-12(13)16/h6-10H,3-5H2,1-2H3,(H,17,19). The second-order valence-electron chi connectivity index (χ2n) is 5.09. The molecule has 0 radical (unpaired) electrons. The first-order valence-corrected chi connectivity index (χ1v) is 6.91. The summed E-state index contributed by atoms with van der Waals surface area (Å²) in [7, 11) is 0. The molecule has 5 heteroatoms. The Morgan fingerprint density at radius 1 is 1.37 bits per heavy atom. The van der Waals surface area contributed by atoms with Crippen LogP contribution in [-0.4, -0.2) is 23.0 Å². The largest absolute Gasteiger partial charge is 0.322 e. The van der Waals surface area contributed by atoms with Crippen LogP contribution in [0.1, 0.15) is 33.1 Å². The molecular formula is C14H18ClFN2O. The van der Waals surface area contributed by atoms with Gasteiger partial charge in [-0.3, -0.25) is 0 Å². The molecule has 0 saturated carbocycles. The zero-order chi connectivity index (χ0) is 14.0. The highest BCUT2D eigenvalue weighted by atomic mass is 35.5. The summed E-state index contributed by atoms with van der Waals surface area (Å²) in [5, 5.41) is 2.94. The van der Waals surface area contributed by atoms with Crippen molar-refractivity contribution in [2.45, 2.75) is 45.2 Å². The van der Waals surface area contributed by atoms with E-state index in [-0.39, 0.29) is 23.8 Å².